The number of hydrogen-bond acceptors (Lipinski definition) is 0. The van der Waals surface area contributed by atoms with Crippen molar-refractivity contribution in [3.05, 3.63) is 0 Å². The van der Waals surface area contributed by atoms with Crippen LogP contribution in [-0.2, 0) is 0 Å². The summed E-state index contributed by atoms with van der Waals surface area (Å²) in [6.45, 7) is 12.2. The summed E-state index contributed by atoms with van der Waals surface area (Å²) in [4.78, 5) is 0. The molecule has 1 rings (SSSR count). The third-order valence-corrected chi connectivity index (χ3v) is 6.73. The Morgan fingerprint density at radius 2 is 1.75 bits per heavy atom. The molecule has 0 nitrogen and oxygen atoms in total. The van der Waals surface area contributed by atoms with Gasteiger partial charge in [-0.2, -0.15) is 0 Å². The molecule has 4 atom stereocenters. The summed E-state index contributed by atoms with van der Waals surface area (Å²) in [6.07, 6.45) is 8.74. The van der Waals surface area contributed by atoms with E-state index >= 15 is 0 Å². The van der Waals surface area contributed by atoms with Gasteiger partial charge >= 0.3 is 0 Å². The SMILES string of the molecule is CCC(C)C1(C(C)CC)CCCC(PC)C1. The Kier molecular flexibility index (Phi) is 5.78. The van der Waals surface area contributed by atoms with Crippen molar-refractivity contribution in [1.82, 2.24) is 0 Å². The van der Waals surface area contributed by atoms with E-state index in [0.29, 0.717) is 5.41 Å². The van der Waals surface area contributed by atoms with Crippen molar-refractivity contribution < 1.29 is 0 Å². The lowest BCUT2D eigenvalue weighted by Crippen LogP contribution is -2.40. The fraction of sp³-hybridized carbons (Fsp3) is 1.00. The highest BCUT2D eigenvalue weighted by atomic mass is 31.1. The first-order valence-electron chi connectivity index (χ1n) is 7.28. The van der Waals surface area contributed by atoms with E-state index in [1.807, 2.05) is 0 Å². The molecule has 1 saturated carbocycles. The Morgan fingerprint density at radius 1 is 1.19 bits per heavy atom. The lowest BCUT2D eigenvalue weighted by molar-refractivity contribution is 0.0386. The van der Waals surface area contributed by atoms with Crippen molar-refractivity contribution in [2.24, 2.45) is 17.3 Å². The lowest BCUT2D eigenvalue weighted by atomic mass is 9.58. The highest BCUT2D eigenvalue weighted by molar-refractivity contribution is 7.37. The summed E-state index contributed by atoms with van der Waals surface area (Å²) < 4.78 is 0. The van der Waals surface area contributed by atoms with E-state index in [-0.39, 0.29) is 0 Å². The Bertz CT molecular complexity index is 190. The fourth-order valence-electron chi connectivity index (χ4n) is 3.78. The van der Waals surface area contributed by atoms with Crippen molar-refractivity contribution in [3.63, 3.8) is 0 Å². The topological polar surface area (TPSA) is 0 Å². The van der Waals surface area contributed by atoms with Gasteiger partial charge in [0, 0.05) is 0 Å². The minimum absolute atomic E-state index is 0.676. The van der Waals surface area contributed by atoms with Gasteiger partial charge < -0.3 is 0 Å². The van der Waals surface area contributed by atoms with Crippen molar-refractivity contribution >= 4 is 8.58 Å². The van der Waals surface area contributed by atoms with Crippen molar-refractivity contribution in [2.45, 2.75) is 71.9 Å². The van der Waals surface area contributed by atoms with Crippen LogP contribution in [0.1, 0.15) is 66.2 Å². The van der Waals surface area contributed by atoms with E-state index in [1.165, 1.54) is 38.5 Å². The Labute approximate surface area is 105 Å². The van der Waals surface area contributed by atoms with E-state index in [0.717, 1.165) is 26.1 Å². The van der Waals surface area contributed by atoms with Gasteiger partial charge in [0.2, 0.25) is 0 Å². The van der Waals surface area contributed by atoms with Gasteiger partial charge in [-0.1, -0.05) is 47.0 Å². The average molecular weight is 242 g/mol. The molecule has 0 N–H and O–H groups in total. The van der Waals surface area contributed by atoms with Crippen molar-refractivity contribution in [1.29, 1.82) is 0 Å². The molecule has 1 fully saturated rings. The van der Waals surface area contributed by atoms with Gasteiger partial charge in [-0.05, 0) is 48.8 Å². The molecule has 4 unspecified atom stereocenters. The fourth-order valence-corrected chi connectivity index (χ4v) is 4.86. The number of rotatable bonds is 5. The Hall–Kier alpha value is 0.430. The molecule has 0 radical (unpaired) electrons. The molecule has 0 aromatic carbocycles. The van der Waals surface area contributed by atoms with Crippen LogP contribution in [0, 0.1) is 17.3 Å². The summed E-state index contributed by atoms with van der Waals surface area (Å²) in [7, 11) is 1.16. The summed E-state index contributed by atoms with van der Waals surface area (Å²) >= 11 is 0. The lowest BCUT2D eigenvalue weighted by Gasteiger charge is -2.49. The van der Waals surface area contributed by atoms with Crippen molar-refractivity contribution in [2.75, 3.05) is 6.66 Å². The molecule has 0 aromatic rings. The molecule has 16 heavy (non-hydrogen) atoms. The van der Waals surface area contributed by atoms with Crippen LogP contribution in [0.3, 0.4) is 0 Å². The largest absolute Gasteiger partial charge is 0.122 e. The van der Waals surface area contributed by atoms with E-state index in [2.05, 4.69) is 34.4 Å². The highest BCUT2D eigenvalue weighted by Gasteiger charge is 2.42. The van der Waals surface area contributed by atoms with Crippen LogP contribution in [-0.4, -0.2) is 12.3 Å². The summed E-state index contributed by atoms with van der Waals surface area (Å²) in [5.74, 6) is 1.84. The molecular formula is C15H31P. The highest BCUT2D eigenvalue weighted by Crippen LogP contribution is 2.53. The first kappa shape index (κ1) is 14.5. The predicted molar refractivity (Wildman–Crippen MR) is 77.8 cm³/mol. The molecule has 0 saturated heterocycles. The van der Waals surface area contributed by atoms with E-state index < -0.39 is 0 Å². The van der Waals surface area contributed by atoms with Crippen LogP contribution in [0.15, 0.2) is 0 Å². The summed E-state index contributed by atoms with van der Waals surface area (Å²) in [5.41, 5.74) is 1.71. The molecule has 0 spiro atoms. The van der Waals surface area contributed by atoms with Gasteiger partial charge in [0.1, 0.15) is 0 Å². The zero-order valence-corrected chi connectivity index (χ0v) is 13.0. The number of hydrogen-bond donors (Lipinski definition) is 0. The van der Waals surface area contributed by atoms with Gasteiger partial charge in [0.15, 0.2) is 0 Å². The maximum Gasteiger partial charge on any atom is -0.0234 e. The third-order valence-electron chi connectivity index (χ3n) is 5.42. The van der Waals surface area contributed by atoms with Gasteiger partial charge in [-0.15, -0.1) is 8.58 Å². The zero-order valence-electron chi connectivity index (χ0n) is 12.0. The smallest absolute Gasteiger partial charge is 0.0234 e. The normalized spacial score (nSPS) is 35.4. The average Bonchev–Trinajstić information content (AvgIpc) is 2.36. The molecule has 0 amide bonds. The molecule has 0 aliphatic heterocycles. The molecule has 0 bridgehead atoms. The summed E-state index contributed by atoms with van der Waals surface area (Å²) in [6, 6.07) is 0. The standard InChI is InChI=1S/C15H31P/c1-6-12(3)15(13(4)7-2)10-8-9-14(11-15)16-5/h12-14,16H,6-11H2,1-5H3. The molecule has 1 aliphatic rings. The molecule has 1 heteroatoms. The van der Waals surface area contributed by atoms with Crippen LogP contribution in [0.2, 0.25) is 0 Å². The van der Waals surface area contributed by atoms with Crippen LogP contribution in [0.25, 0.3) is 0 Å². The molecule has 0 heterocycles. The minimum Gasteiger partial charge on any atom is -0.122 e. The minimum atomic E-state index is 0.676. The summed E-state index contributed by atoms with van der Waals surface area (Å²) in [5, 5.41) is 0. The third kappa shape index (κ3) is 2.81. The zero-order chi connectivity index (χ0) is 12.2. The molecule has 1 aliphatic carbocycles. The molecule has 0 aromatic heterocycles. The van der Waals surface area contributed by atoms with E-state index in [9.17, 15) is 0 Å². The monoisotopic (exact) mass is 242 g/mol. The van der Waals surface area contributed by atoms with Crippen LogP contribution < -0.4 is 0 Å². The van der Waals surface area contributed by atoms with Crippen LogP contribution >= 0.6 is 8.58 Å². The van der Waals surface area contributed by atoms with E-state index in [4.69, 9.17) is 0 Å². The second-order valence-corrected chi connectivity index (χ2v) is 7.33. The van der Waals surface area contributed by atoms with Gasteiger partial charge in [-0.25, -0.2) is 0 Å². The Balaban J connectivity index is 2.85. The first-order chi connectivity index (χ1) is 7.60. The molecular weight excluding hydrogens is 211 g/mol. The molecule has 96 valence electrons. The maximum atomic E-state index is 2.51. The van der Waals surface area contributed by atoms with Gasteiger partial charge in [0.25, 0.3) is 0 Å². The maximum absolute atomic E-state index is 2.51. The predicted octanol–water partition coefficient (Wildman–Crippen LogP) is 5.32. The second-order valence-electron chi connectivity index (χ2n) is 5.93. The Morgan fingerprint density at radius 3 is 2.19 bits per heavy atom. The van der Waals surface area contributed by atoms with Gasteiger partial charge in [-0.3, -0.25) is 0 Å². The quantitative estimate of drug-likeness (QED) is 0.573. The van der Waals surface area contributed by atoms with Crippen molar-refractivity contribution in [3.8, 4) is 0 Å². The van der Waals surface area contributed by atoms with E-state index in [1.54, 1.807) is 0 Å². The van der Waals surface area contributed by atoms with Gasteiger partial charge in [0.05, 0.1) is 0 Å². The second kappa shape index (κ2) is 6.39. The van der Waals surface area contributed by atoms with Crippen LogP contribution in [0.5, 0.6) is 0 Å². The first-order valence-corrected chi connectivity index (χ1v) is 8.85. The van der Waals surface area contributed by atoms with Crippen LogP contribution in [0.4, 0.5) is 0 Å².